The van der Waals surface area contributed by atoms with Gasteiger partial charge in [0, 0.05) is 4.88 Å². The topological polar surface area (TPSA) is 87.7 Å². The molecular weight excluding hydrogens is 234 g/mol. The summed E-state index contributed by atoms with van der Waals surface area (Å²) in [5.74, 6) is -0.506. The highest BCUT2D eigenvalue weighted by molar-refractivity contribution is 8.13. The molecule has 1 rings (SSSR count). The minimum absolute atomic E-state index is 0.449. The average Bonchev–Trinajstić information content (AvgIpc) is 2.73. The van der Waals surface area contributed by atoms with Gasteiger partial charge in [0.25, 0.3) is 5.91 Å². The monoisotopic (exact) mass is 245 g/mol. The highest BCUT2D eigenvalue weighted by Gasteiger charge is 2.07. The summed E-state index contributed by atoms with van der Waals surface area (Å²) in [6, 6.07) is 3.42. The van der Waals surface area contributed by atoms with Gasteiger partial charge in [-0.3, -0.25) is 15.0 Å². The van der Waals surface area contributed by atoms with Crippen molar-refractivity contribution in [1.82, 2.24) is 5.48 Å². The third kappa shape index (κ3) is 3.54. The van der Waals surface area contributed by atoms with Gasteiger partial charge >= 0.3 is 0 Å². The fourth-order valence-corrected chi connectivity index (χ4v) is 1.88. The molecule has 15 heavy (non-hydrogen) atoms. The summed E-state index contributed by atoms with van der Waals surface area (Å²) in [6.45, 7) is 0.454. The van der Waals surface area contributed by atoms with E-state index in [9.17, 15) is 4.79 Å². The Bertz CT molecular complexity index is 376. The van der Waals surface area contributed by atoms with Gasteiger partial charge in [0.2, 0.25) is 0 Å². The summed E-state index contributed by atoms with van der Waals surface area (Å²) in [5, 5.41) is 8.92. The maximum absolute atomic E-state index is 11.0. The molecule has 0 aliphatic heterocycles. The van der Waals surface area contributed by atoms with Crippen LogP contribution in [0.2, 0.25) is 0 Å². The first-order valence-corrected chi connectivity index (χ1v) is 6.08. The lowest BCUT2D eigenvalue weighted by Crippen LogP contribution is -2.16. The lowest BCUT2D eigenvalue weighted by Gasteiger charge is -1.94. The number of hydrogen-bond acceptors (Lipinski definition) is 5. The van der Waals surface area contributed by atoms with E-state index in [2.05, 4.69) is 4.99 Å². The standard InChI is InChI=1S/C8H11N3O2S2/c1-14-8(9)10-4-5-2-3-6(15-5)7(12)11-13/h2-3,13H,4H2,1H3,(H2,9,10)(H,11,12). The largest absolute Gasteiger partial charge is 0.379 e. The number of hydrogen-bond donors (Lipinski definition) is 3. The second-order valence-corrected chi connectivity index (χ2v) is 4.56. The predicted molar refractivity (Wildman–Crippen MR) is 62.4 cm³/mol. The van der Waals surface area contributed by atoms with Crippen LogP contribution >= 0.6 is 23.1 Å². The minimum atomic E-state index is -0.506. The smallest absolute Gasteiger partial charge is 0.284 e. The quantitative estimate of drug-likeness (QED) is 0.321. The molecule has 7 heteroatoms. The molecule has 0 aliphatic rings. The Kier molecular flexibility index (Phi) is 4.60. The molecule has 1 heterocycles. The third-order valence-corrected chi connectivity index (χ3v) is 3.20. The zero-order valence-corrected chi connectivity index (χ0v) is 9.69. The molecule has 0 atom stereocenters. The summed E-state index contributed by atoms with van der Waals surface area (Å²) in [6.07, 6.45) is 1.85. The zero-order chi connectivity index (χ0) is 11.3. The Labute approximate surface area is 95.3 Å². The van der Waals surface area contributed by atoms with Crippen molar-refractivity contribution in [3.8, 4) is 0 Å². The fourth-order valence-electron chi connectivity index (χ4n) is 0.860. The number of rotatable bonds is 3. The van der Waals surface area contributed by atoms with E-state index in [1.54, 1.807) is 17.6 Å². The molecule has 1 amide bonds. The van der Waals surface area contributed by atoms with Crippen molar-refractivity contribution in [2.75, 3.05) is 6.26 Å². The van der Waals surface area contributed by atoms with E-state index in [-0.39, 0.29) is 0 Å². The van der Waals surface area contributed by atoms with Crippen molar-refractivity contribution in [2.24, 2.45) is 10.7 Å². The number of hydroxylamine groups is 1. The Hall–Kier alpha value is -1.05. The molecule has 1 aromatic rings. The predicted octanol–water partition coefficient (Wildman–Crippen LogP) is 1.04. The van der Waals surface area contributed by atoms with E-state index < -0.39 is 5.91 Å². The van der Waals surface area contributed by atoms with Gasteiger partial charge < -0.3 is 5.73 Å². The number of thiophene rings is 1. The summed E-state index contributed by atoms with van der Waals surface area (Å²) in [7, 11) is 0. The lowest BCUT2D eigenvalue weighted by molar-refractivity contribution is 0.0711. The van der Waals surface area contributed by atoms with Crippen molar-refractivity contribution in [3.05, 3.63) is 21.9 Å². The van der Waals surface area contributed by atoms with Gasteiger partial charge in [-0.25, -0.2) is 5.48 Å². The van der Waals surface area contributed by atoms with Crippen molar-refractivity contribution >= 4 is 34.2 Å². The van der Waals surface area contributed by atoms with Crippen molar-refractivity contribution in [1.29, 1.82) is 0 Å². The Morgan fingerprint density at radius 2 is 2.47 bits per heavy atom. The molecule has 0 spiro atoms. The number of nitrogens with two attached hydrogens (primary N) is 1. The van der Waals surface area contributed by atoms with Gasteiger partial charge in [-0.15, -0.1) is 11.3 Å². The Morgan fingerprint density at radius 3 is 3.07 bits per heavy atom. The molecule has 0 unspecified atom stereocenters. The molecule has 0 radical (unpaired) electrons. The normalized spacial score (nSPS) is 11.5. The number of nitrogens with one attached hydrogen (secondary N) is 1. The molecule has 1 aromatic heterocycles. The number of amides is 1. The van der Waals surface area contributed by atoms with Crippen molar-refractivity contribution in [3.63, 3.8) is 0 Å². The lowest BCUT2D eigenvalue weighted by atomic mass is 10.4. The minimum Gasteiger partial charge on any atom is -0.379 e. The van der Waals surface area contributed by atoms with Crippen LogP contribution < -0.4 is 11.2 Å². The van der Waals surface area contributed by atoms with Crippen molar-refractivity contribution < 1.29 is 10.0 Å². The van der Waals surface area contributed by atoms with Crippen LogP contribution in [0.1, 0.15) is 14.5 Å². The highest BCUT2D eigenvalue weighted by atomic mass is 32.2. The summed E-state index contributed by atoms with van der Waals surface area (Å²) < 4.78 is 0. The van der Waals surface area contributed by atoms with Gasteiger partial charge in [0.05, 0.1) is 11.4 Å². The van der Waals surface area contributed by atoms with Crippen LogP contribution in [-0.2, 0) is 6.54 Å². The third-order valence-electron chi connectivity index (χ3n) is 1.59. The Balaban J connectivity index is 2.65. The number of aliphatic imine (C=N–C) groups is 1. The van der Waals surface area contributed by atoms with Crippen LogP contribution in [0, 0.1) is 0 Å². The van der Waals surface area contributed by atoms with Crippen LogP contribution in [0.5, 0.6) is 0 Å². The second kappa shape index (κ2) is 5.74. The van der Waals surface area contributed by atoms with E-state index in [1.165, 1.54) is 23.1 Å². The van der Waals surface area contributed by atoms with E-state index in [4.69, 9.17) is 10.9 Å². The van der Waals surface area contributed by atoms with E-state index in [1.807, 2.05) is 6.26 Å². The van der Waals surface area contributed by atoms with Crippen LogP contribution in [0.3, 0.4) is 0 Å². The first-order valence-electron chi connectivity index (χ1n) is 4.04. The van der Waals surface area contributed by atoms with Gasteiger partial charge in [-0.05, 0) is 18.4 Å². The zero-order valence-electron chi connectivity index (χ0n) is 8.06. The summed E-state index contributed by atoms with van der Waals surface area (Å²) >= 11 is 2.65. The van der Waals surface area contributed by atoms with Crippen LogP contribution in [0.4, 0.5) is 0 Å². The van der Waals surface area contributed by atoms with Crippen LogP contribution in [0.25, 0.3) is 0 Å². The van der Waals surface area contributed by atoms with E-state index in [0.717, 1.165) is 4.88 Å². The summed E-state index contributed by atoms with van der Waals surface area (Å²) in [5.41, 5.74) is 7.09. The number of carbonyl (C=O) groups excluding carboxylic acids is 1. The number of nitrogens with zero attached hydrogens (tertiary/aromatic N) is 1. The van der Waals surface area contributed by atoms with E-state index >= 15 is 0 Å². The summed E-state index contributed by atoms with van der Waals surface area (Å²) in [4.78, 5) is 16.5. The number of carbonyl (C=O) groups is 1. The molecule has 4 N–H and O–H groups in total. The Morgan fingerprint density at radius 1 is 1.73 bits per heavy atom. The fraction of sp³-hybridized carbons (Fsp3) is 0.250. The molecule has 0 saturated carbocycles. The molecular formula is C8H11N3O2S2. The number of thioether (sulfide) groups is 1. The average molecular weight is 245 g/mol. The molecule has 0 bridgehead atoms. The molecule has 0 saturated heterocycles. The maximum atomic E-state index is 11.0. The van der Waals surface area contributed by atoms with Crippen LogP contribution in [-0.4, -0.2) is 22.5 Å². The van der Waals surface area contributed by atoms with Gasteiger partial charge in [0.15, 0.2) is 5.17 Å². The van der Waals surface area contributed by atoms with Gasteiger partial charge in [0.1, 0.15) is 0 Å². The van der Waals surface area contributed by atoms with Crippen LogP contribution in [0.15, 0.2) is 17.1 Å². The van der Waals surface area contributed by atoms with Crippen molar-refractivity contribution in [2.45, 2.75) is 6.54 Å². The van der Waals surface area contributed by atoms with Gasteiger partial charge in [-0.1, -0.05) is 11.8 Å². The molecule has 0 fully saturated rings. The first-order chi connectivity index (χ1) is 7.17. The van der Waals surface area contributed by atoms with Gasteiger partial charge in [-0.2, -0.15) is 0 Å². The maximum Gasteiger partial charge on any atom is 0.284 e. The second-order valence-electron chi connectivity index (χ2n) is 2.57. The molecule has 82 valence electrons. The van der Waals surface area contributed by atoms with E-state index in [0.29, 0.717) is 16.6 Å². The molecule has 5 nitrogen and oxygen atoms in total. The highest BCUT2D eigenvalue weighted by Crippen LogP contribution is 2.17. The first kappa shape index (κ1) is 12.0. The molecule has 0 aliphatic carbocycles. The number of amidine groups is 1. The SMILES string of the molecule is CSC(N)=NCc1ccc(C(=O)NO)s1. The molecule has 0 aromatic carbocycles.